The molecule has 2 N–H and O–H groups in total. The smallest absolute Gasteiger partial charge is 0.185 e. The summed E-state index contributed by atoms with van der Waals surface area (Å²) in [5.74, 6) is 0.888. The molecule has 3 heterocycles. The Morgan fingerprint density at radius 1 is 1.15 bits per heavy atom. The normalized spacial score (nSPS) is 15.4. The molecule has 0 bridgehead atoms. The second kappa shape index (κ2) is 5.72. The number of aromatic nitrogens is 2. The van der Waals surface area contributed by atoms with Crippen LogP contribution in [0.15, 0.2) is 29.9 Å². The molecular formula is C13H15N5S2. The van der Waals surface area contributed by atoms with Crippen LogP contribution in [0.5, 0.6) is 0 Å². The number of nitrogens with two attached hydrogens (primary N) is 1. The van der Waals surface area contributed by atoms with Crippen LogP contribution in [0.4, 0.5) is 10.9 Å². The van der Waals surface area contributed by atoms with Crippen molar-refractivity contribution in [3.05, 3.63) is 35.5 Å². The van der Waals surface area contributed by atoms with Crippen molar-refractivity contribution in [3.63, 3.8) is 0 Å². The molecule has 1 saturated heterocycles. The van der Waals surface area contributed by atoms with Crippen LogP contribution in [0.1, 0.15) is 5.56 Å². The zero-order valence-corrected chi connectivity index (χ0v) is 12.5. The number of rotatable bonds is 3. The van der Waals surface area contributed by atoms with Crippen LogP contribution in [0.2, 0.25) is 0 Å². The third-order valence-electron chi connectivity index (χ3n) is 3.32. The van der Waals surface area contributed by atoms with Gasteiger partial charge in [-0.15, -0.1) is 11.3 Å². The molecule has 20 heavy (non-hydrogen) atoms. The van der Waals surface area contributed by atoms with Crippen molar-refractivity contribution in [2.24, 2.45) is 5.73 Å². The molecule has 1 aliphatic heterocycles. The summed E-state index contributed by atoms with van der Waals surface area (Å²) < 4.78 is 0. The molecule has 0 atom stereocenters. The van der Waals surface area contributed by atoms with Gasteiger partial charge in [-0.1, -0.05) is 12.2 Å². The molecule has 5 nitrogen and oxygen atoms in total. The van der Waals surface area contributed by atoms with E-state index < -0.39 is 0 Å². The third kappa shape index (κ3) is 2.59. The Labute approximate surface area is 127 Å². The summed E-state index contributed by atoms with van der Waals surface area (Å²) in [5.41, 5.74) is 6.62. The van der Waals surface area contributed by atoms with Gasteiger partial charge in [0.2, 0.25) is 0 Å². The van der Waals surface area contributed by atoms with E-state index >= 15 is 0 Å². The van der Waals surface area contributed by atoms with Crippen LogP contribution in [0, 0.1) is 0 Å². The zero-order valence-electron chi connectivity index (χ0n) is 10.9. The maximum atomic E-state index is 5.77. The molecule has 1 aliphatic rings. The van der Waals surface area contributed by atoms with E-state index in [0.29, 0.717) is 4.99 Å². The Hall–Kier alpha value is -1.73. The fourth-order valence-corrected chi connectivity index (χ4v) is 3.18. The van der Waals surface area contributed by atoms with E-state index in [1.54, 1.807) is 17.5 Å². The minimum absolute atomic E-state index is 0.399. The summed E-state index contributed by atoms with van der Waals surface area (Å²) >= 11 is 6.77. The highest BCUT2D eigenvalue weighted by atomic mass is 32.1. The average Bonchev–Trinajstić information content (AvgIpc) is 3.02. The number of hydrogen-bond donors (Lipinski definition) is 1. The molecule has 7 heteroatoms. The maximum absolute atomic E-state index is 5.77. The Kier molecular flexibility index (Phi) is 3.79. The first-order valence-corrected chi connectivity index (χ1v) is 7.68. The molecule has 0 spiro atoms. The van der Waals surface area contributed by atoms with Gasteiger partial charge >= 0.3 is 0 Å². The third-order valence-corrected chi connectivity index (χ3v) is 4.37. The first-order chi connectivity index (χ1) is 9.75. The maximum Gasteiger partial charge on any atom is 0.185 e. The summed E-state index contributed by atoms with van der Waals surface area (Å²) in [5, 5.41) is 3.09. The van der Waals surface area contributed by atoms with E-state index in [4.69, 9.17) is 18.0 Å². The average molecular weight is 305 g/mol. The molecule has 2 aromatic heterocycles. The molecule has 104 valence electrons. The van der Waals surface area contributed by atoms with Gasteiger partial charge in [0, 0.05) is 44.0 Å². The highest BCUT2D eigenvalue weighted by Gasteiger charge is 2.21. The monoisotopic (exact) mass is 305 g/mol. The van der Waals surface area contributed by atoms with E-state index in [1.807, 2.05) is 23.7 Å². The largest absolute Gasteiger partial charge is 0.389 e. The van der Waals surface area contributed by atoms with Gasteiger partial charge in [0.05, 0.1) is 5.56 Å². The fourth-order valence-electron chi connectivity index (χ4n) is 2.32. The quantitative estimate of drug-likeness (QED) is 0.867. The lowest BCUT2D eigenvalue weighted by Crippen LogP contribution is -2.47. The van der Waals surface area contributed by atoms with E-state index in [2.05, 4.69) is 19.8 Å². The van der Waals surface area contributed by atoms with E-state index in [1.165, 1.54) is 0 Å². The first kappa shape index (κ1) is 13.3. The van der Waals surface area contributed by atoms with Gasteiger partial charge in [0.15, 0.2) is 5.13 Å². The number of anilines is 2. The summed E-state index contributed by atoms with van der Waals surface area (Å²) in [6, 6.07) is 3.79. The topological polar surface area (TPSA) is 58.3 Å². The second-order valence-electron chi connectivity index (χ2n) is 4.53. The van der Waals surface area contributed by atoms with Gasteiger partial charge < -0.3 is 15.5 Å². The number of nitrogens with zero attached hydrogens (tertiary/aromatic N) is 4. The lowest BCUT2D eigenvalue weighted by molar-refractivity contribution is 0.646. The Morgan fingerprint density at radius 2 is 1.90 bits per heavy atom. The predicted molar refractivity (Wildman–Crippen MR) is 86.7 cm³/mol. The van der Waals surface area contributed by atoms with Crippen LogP contribution >= 0.6 is 23.6 Å². The molecule has 0 aliphatic carbocycles. The molecule has 0 unspecified atom stereocenters. The van der Waals surface area contributed by atoms with Crippen LogP contribution in [-0.4, -0.2) is 41.1 Å². The molecule has 3 rings (SSSR count). The van der Waals surface area contributed by atoms with Crippen molar-refractivity contribution >= 4 is 39.5 Å². The van der Waals surface area contributed by atoms with Crippen molar-refractivity contribution in [2.45, 2.75) is 0 Å². The van der Waals surface area contributed by atoms with Crippen molar-refractivity contribution in [1.82, 2.24) is 9.97 Å². The van der Waals surface area contributed by atoms with Gasteiger partial charge in [-0.3, -0.25) is 0 Å². The predicted octanol–water partition coefficient (Wildman–Crippen LogP) is 1.50. The number of piperazine rings is 1. The standard InChI is InChI=1S/C13H15N5S2/c14-11(19)10-2-1-3-15-12(10)17-5-7-18(8-6-17)13-16-4-9-20-13/h1-4,9H,5-8H2,(H2,14,19). The molecule has 0 saturated carbocycles. The van der Waals surface area contributed by atoms with Crippen LogP contribution < -0.4 is 15.5 Å². The highest BCUT2D eigenvalue weighted by Crippen LogP contribution is 2.23. The van der Waals surface area contributed by atoms with E-state index in [-0.39, 0.29) is 0 Å². The summed E-state index contributed by atoms with van der Waals surface area (Å²) in [6.45, 7) is 3.65. The molecule has 0 radical (unpaired) electrons. The van der Waals surface area contributed by atoms with Crippen LogP contribution in [0.25, 0.3) is 0 Å². The Morgan fingerprint density at radius 3 is 2.55 bits per heavy atom. The number of thiocarbonyl (C=S) groups is 1. The summed E-state index contributed by atoms with van der Waals surface area (Å²) in [6.07, 6.45) is 3.63. The molecule has 0 aromatic carbocycles. The Bertz CT molecular complexity index is 591. The van der Waals surface area contributed by atoms with Crippen LogP contribution in [0.3, 0.4) is 0 Å². The van der Waals surface area contributed by atoms with Gasteiger partial charge in [-0.25, -0.2) is 9.97 Å². The minimum Gasteiger partial charge on any atom is -0.389 e. The highest BCUT2D eigenvalue weighted by molar-refractivity contribution is 7.80. The van der Waals surface area contributed by atoms with Crippen molar-refractivity contribution < 1.29 is 0 Å². The van der Waals surface area contributed by atoms with E-state index in [0.717, 1.165) is 42.7 Å². The fraction of sp³-hybridized carbons (Fsp3) is 0.308. The van der Waals surface area contributed by atoms with E-state index in [9.17, 15) is 0 Å². The van der Waals surface area contributed by atoms with Gasteiger partial charge in [-0.2, -0.15) is 0 Å². The Balaban J connectivity index is 1.74. The number of pyridine rings is 1. The number of hydrogen-bond acceptors (Lipinski definition) is 6. The first-order valence-electron chi connectivity index (χ1n) is 6.40. The molecule has 2 aromatic rings. The zero-order chi connectivity index (χ0) is 13.9. The summed E-state index contributed by atoms with van der Waals surface area (Å²) in [7, 11) is 0. The molecule has 0 amide bonds. The van der Waals surface area contributed by atoms with Crippen LogP contribution in [-0.2, 0) is 0 Å². The van der Waals surface area contributed by atoms with Gasteiger partial charge in [0.25, 0.3) is 0 Å². The van der Waals surface area contributed by atoms with Crippen molar-refractivity contribution in [2.75, 3.05) is 36.0 Å². The van der Waals surface area contributed by atoms with Crippen molar-refractivity contribution in [1.29, 1.82) is 0 Å². The minimum atomic E-state index is 0.399. The number of thiazole rings is 1. The molecular weight excluding hydrogens is 290 g/mol. The second-order valence-corrected chi connectivity index (χ2v) is 5.84. The van der Waals surface area contributed by atoms with Gasteiger partial charge in [-0.05, 0) is 12.1 Å². The van der Waals surface area contributed by atoms with Crippen molar-refractivity contribution in [3.8, 4) is 0 Å². The lowest BCUT2D eigenvalue weighted by Gasteiger charge is -2.35. The lowest BCUT2D eigenvalue weighted by atomic mass is 10.2. The summed E-state index contributed by atoms with van der Waals surface area (Å²) in [4.78, 5) is 13.7. The van der Waals surface area contributed by atoms with Gasteiger partial charge in [0.1, 0.15) is 10.8 Å². The molecule has 1 fully saturated rings. The SMILES string of the molecule is NC(=S)c1cccnc1N1CCN(c2nccs2)CC1.